The summed E-state index contributed by atoms with van der Waals surface area (Å²) < 4.78 is 28.3. The summed E-state index contributed by atoms with van der Waals surface area (Å²) in [7, 11) is 0. The second kappa shape index (κ2) is 13.5. The van der Waals surface area contributed by atoms with Crippen molar-refractivity contribution in [1.82, 2.24) is 9.55 Å². The van der Waals surface area contributed by atoms with Gasteiger partial charge in [-0.25, -0.2) is 13.8 Å². The molecule has 0 saturated heterocycles. The van der Waals surface area contributed by atoms with Crippen molar-refractivity contribution in [1.29, 1.82) is 0 Å². The summed E-state index contributed by atoms with van der Waals surface area (Å²) in [5.74, 6) is 0.823. The lowest BCUT2D eigenvalue weighted by atomic mass is 9.56. The lowest BCUT2D eigenvalue weighted by Crippen LogP contribution is -2.38. The number of aryl methyl sites for hydroxylation is 1. The van der Waals surface area contributed by atoms with Gasteiger partial charge in [-0.3, -0.25) is 9.59 Å². The fourth-order valence-electron chi connectivity index (χ4n) is 9.18. The molecule has 5 aromatic rings. The normalized spacial score (nSPS) is 21.5. The first kappa shape index (κ1) is 33.5. The van der Waals surface area contributed by atoms with Crippen molar-refractivity contribution in [3.8, 4) is 22.3 Å². The Bertz CT molecular complexity index is 2290. The molecule has 0 spiro atoms. The Morgan fingerprint density at radius 2 is 1.73 bits per heavy atom. The summed E-state index contributed by atoms with van der Waals surface area (Å²) in [6.07, 6.45) is 16.5. The Morgan fingerprint density at radius 1 is 0.981 bits per heavy atom. The van der Waals surface area contributed by atoms with E-state index in [4.69, 9.17) is 5.73 Å². The highest BCUT2D eigenvalue weighted by Crippen LogP contribution is 2.65. The number of fused-ring (bicyclic) bond motifs is 3. The van der Waals surface area contributed by atoms with Crippen LogP contribution < -0.4 is 16.5 Å². The molecule has 8 rings (SSSR count). The van der Waals surface area contributed by atoms with Gasteiger partial charge in [0.25, 0.3) is 5.91 Å². The molecule has 8 heteroatoms. The molecule has 4 unspecified atom stereocenters. The molecule has 2 bridgehead atoms. The Morgan fingerprint density at radius 3 is 2.48 bits per heavy atom. The lowest BCUT2D eigenvalue weighted by Gasteiger charge is -2.47. The molecule has 6 nitrogen and oxygen atoms in total. The largest absolute Gasteiger partial charge is 0.383 e. The molecule has 0 aliphatic heterocycles. The van der Waals surface area contributed by atoms with Crippen LogP contribution in [0.15, 0.2) is 114 Å². The fraction of sp³-hybridized carbons (Fsp3) is 0.250. The van der Waals surface area contributed by atoms with Gasteiger partial charge >= 0.3 is 0 Å². The number of carbonyl (C=O) groups is 1. The predicted octanol–water partition coefficient (Wildman–Crippen LogP) is 9.54. The number of aromatic nitrogens is 2. The van der Waals surface area contributed by atoms with Crippen LogP contribution in [0.1, 0.15) is 65.6 Å². The average Bonchev–Trinajstić information content (AvgIpc) is 3.66. The molecule has 2 heterocycles. The van der Waals surface area contributed by atoms with Gasteiger partial charge in [0, 0.05) is 41.3 Å². The average molecular weight is 695 g/mol. The highest BCUT2D eigenvalue weighted by molar-refractivity contribution is 6.04. The molecule has 2 aromatic heterocycles. The topological polar surface area (TPSA) is 90.0 Å². The zero-order valence-electron chi connectivity index (χ0n) is 29.0. The zero-order chi connectivity index (χ0) is 36.0. The van der Waals surface area contributed by atoms with Gasteiger partial charge < -0.3 is 15.6 Å². The van der Waals surface area contributed by atoms with Gasteiger partial charge in [-0.15, -0.1) is 0 Å². The van der Waals surface area contributed by atoms with E-state index >= 15 is 0 Å². The summed E-state index contributed by atoms with van der Waals surface area (Å²) in [6, 6.07) is 23.6. The minimum atomic E-state index is -0.682. The van der Waals surface area contributed by atoms with E-state index in [-0.39, 0.29) is 23.1 Å². The minimum absolute atomic E-state index is 0.0396. The maximum atomic E-state index is 13.6. The van der Waals surface area contributed by atoms with E-state index in [1.807, 2.05) is 18.3 Å². The lowest BCUT2D eigenvalue weighted by molar-refractivity contribution is 0.102. The van der Waals surface area contributed by atoms with Gasteiger partial charge in [0.05, 0.1) is 6.54 Å². The van der Waals surface area contributed by atoms with Gasteiger partial charge in [-0.2, -0.15) is 0 Å². The van der Waals surface area contributed by atoms with Gasteiger partial charge in [0.2, 0.25) is 5.43 Å². The highest BCUT2D eigenvalue weighted by atomic mass is 19.1. The molecule has 3 N–H and O–H groups in total. The van der Waals surface area contributed by atoms with E-state index in [9.17, 15) is 18.4 Å². The van der Waals surface area contributed by atoms with E-state index in [1.54, 1.807) is 12.1 Å². The van der Waals surface area contributed by atoms with E-state index in [0.29, 0.717) is 34.8 Å². The molecule has 3 aliphatic rings. The molecular weight excluding hydrogens is 655 g/mol. The monoisotopic (exact) mass is 694 g/mol. The van der Waals surface area contributed by atoms with E-state index in [1.165, 1.54) is 70.8 Å². The van der Waals surface area contributed by atoms with Crippen LogP contribution >= 0.6 is 0 Å². The number of halogens is 2. The molecule has 3 aliphatic carbocycles. The summed E-state index contributed by atoms with van der Waals surface area (Å²) >= 11 is 0. The van der Waals surface area contributed by atoms with Crippen LogP contribution in [0.3, 0.4) is 0 Å². The standard InChI is InChI=1S/C44H40F2N4O2/c1-2-44(40-18-11-27-5-3-4-6-36(27)40)32-12-13-33(44)22-30(21-32)31-23-37(42(47)48-24-31)28-9-16-35(17-10-28)49-43(52)39-26-50(20-19-45)25-38(41(39)51)29-7-14-34(46)15-8-29/h3-11,14-18,21,23-26,32-33,40H,2,12-13,19-20,22H2,1H3,(H2,47,48)(H,49,52). The van der Waals surface area contributed by atoms with Crippen molar-refractivity contribution >= 4 is 29.1 Å². The number of nitrogens with zero attached hydrogens (tertiary/aromatic N) is 2. The molecule has 1 saturated carbocycles. The summed E-state index contributed by atoms with van der Waals surface area (Å²) in [5.41, 5.74) is 13.9. The van der Waals surface area contributed by atoms with Gasteiger partial charge in [-0.1, -0.05) is 73.7 Å². The number of amides is 1. The van der Waals surface area contributed by atoms with Gasteiger partial charge in [0.1, 0.15) is 23.9 Å². The minimum Gasteiger partial charge on any atom is -0.383 e. The third-order valence-electron chi connectivity index (χ3n) is 11.7. The molecule has 52 heavy (non-hydrogen) atoms. The third-order valence-corrected chi connectivity index (χ3v) is 11.7. The highest BCUT2D eigenvalue weighted by Gasteiger charge is 2.55. The Balaban J connectivity index is 1.04. The number of pyridine rings is 2. The molecule has 4 atom stereocenters. The summed E-state index contributed by atoms with van der Waals surface area (Å²) in [5, 5.41) is 2.80. The van der Waals surface area contributed by atoms with Crippen molar-refractivity contribution < 1.29 is 13.6 Å². The number of nitrogens with two attached hydrogens (primary N) is 1. The quantitative estimate of drug-likeness (QED) is 0.161. The van der Waals surface area contributed by atoms with Crippen molar-refractivity contribution in [2.75, 3.05) is 17.7 Å². The third kappa shape index (κ3) is 5.76. The first-order valence-corrected chi connectivity index (χ1v) is 18.0. The van der Waals surface area contributed by atoms with Crippen LogP contribution in [-0.2, 0) is 6.54 Å². The second-order valence-corrected chi connectivity index (χ2v) is 14.2. The first-order chi connectivity index (χ1) is 25.3. The Kier molecular flexibility index (Phi) is 8.69. The number of anilines is 2. The summed E-state index contributed by atoms with van der Waals surface area (Å²) in [6.45, 7) is 1.64. The number of allylic oxidation sites excluding steroid dienone is 3. The van der Waals surface area contributed by atoms with E-state index in [2.05, 4.69) is 65.8 Å². The van der Waals surface area contributed by atoms with Crippen LogP contribution in [0.5, 0.6) is 0 Å². The Labute approximate surface area is 301 Å². The number of rotatable bonds is 9. The van der Waals surface area contributed by atoms with Crippen molar-refractivity contribution in [2.24, 2.45) is 17.3 Å². The summed E-state index contributed by atoms with van der Waals surface area (Å²) in [4.78, 5) is 31.4. The van der Waals surface area contributed by atoms with Crippen LogP contribution in [0, 0.1) is 23.1 Å². The first-order valence-electron chi connectivity index (χ1n) is 18.0. The SMILES string of the molecule is CCC1(C2C=Cc3ccccc32)C2C=C(c3cnc(N)c(-c4ccc(NC(=O)c5cn(CCF)cc(-c6ccc(F)cc6)c5=O)cc4)c3)CC1CC2. The van der Waals surface area contributed by atoms with Gasteiger partial charge in [-0.05, 0) is 107 Å². The van der Waals surface area contributed by atoms with Crippen molar-refractivity contribution in [3.05, 3.63) is 148 Å². The molecule has 1 fully saturated rings. The number of benzene rings is 3. The number of nitrogen functional groups attached to an aromatic ring is 1. The van der Waals surface area contributed by atoms with E-state index < -0.39 is 23.8 Å². The maximum absolute atomic E-state index is 13.6. The predicted molar refractivity (Wildman–Crippen MR) is 204 cm³/mol. The smallest absolute Gasteiger partial charge is 0.261 e. The van der Waals surface area contributed by atoms with Crippen LogP contribution in [0.4, 0.5) is 20.3 Å². The molecule has 1 amide bonds. The van der Waals surface area contributed by atoms with E-state index in [0.717, 1.165) is 29.5 Å². The van der Waals surface area contributed by atoms with Crippen LogP contribution in [-0.4, -0.2) is 22.1 Å². The maximum Gasteiger partial charge on any atom is 0.261 e. The number of nitrogens with one attached hydrogen (secondary N) is 1. The van der Waals surface area contributed by atoms with Crippen LogP contribution in [0.2, 0.25) is 0 Å². The van der Waals surface area contributed by atoms with Crippen molar-refractivity contribution in [3.63, 3.8) is 0 Å². The van der Waals surface area contributed by atoms with Crippen LogP contribution in [0.25, 0.3) is 33.9 Å². The Hall–Kier alpha value is -5.63. The number of carbonyl (C=O) groups excluding carboxylic acids is 1. The molecule has 0 radical (unpaired) electrons. The second-order valence-electron chi connectivity index (χ2n) is 14.2. The zero-order valence-corrected chi connectivity index (χ0v) is 29.0. The van der Waals surface area contributed by atoms with Crippen molar-refractivity contribution in [2.45, 2.75) is 45.1 Å². The van der Waals surface area contributed by atoms with Gasteiger partial charge in [0.15, 0.2) is 0 Å². The number of hydrogen-bond acceptors (Lipinski definition) is 4. The molecular formula is C44H40F2N4O2. The number of alkyl halides is 1. The molecule has 262 valence electrons. The number of hydrogen-bond donors (Lipinski definition) is 2. The fourth-order valence-corrected chi connectivity index (χ4v) is 9.18. The molecule has 3 aromatic carbocycles.